The molecule has 1 saturated heterocycles. The van der Waals surface area contributed by atoms with Crippen molar-refractivity contribution in [3.8, 4) is 0 Å². The Morgan fingerprint density at radius 1 is 1.00 bits per heavy atom. The Balaban J connectivity index is 1.22. The van der Waals surface area contributed by atoms with Crippen LogP contribution < -0.4 is 0 Å². The zero-order valence-corrected chi connectivity index (χ0v) is 17.7. The van der Waals surface area contributed by atoms with Gasteiger partial charge in [0.1, 0.15) is 5.71 Å². The second-order valence-electron chi connectivity index (χ2n) is 8.57. The molecular formula is C23H30N4O3. The van der Waals surface area contributed by atoms with Gasteiger partial charge in [-0.05, 0) is 42.7 Å². The number of rotatable bonds is 4. The Bertz CT molecular complexity index is 858. The molecule has 1 fully saturated rings. The highest BCUT2D eigenvalue weighted by Crippen LogP contribution is 2.25. The molecule has 0 saturated carbocycles. The zero-order valence-electron chi connectivity index (χ0n) is 17.7. The van der Waals surface area contributed by atoms with E-state index in [2.05, 4.69) is 23.3 Å². The lowest BCUT2D eigenvalue weighted by Crippen LogP contribution is -2.44. The Hall–Kier alpha value is -2.70. The van der Waals surface area contributed by atoms with Crippen molar-refractivity contribution in [2.45, 2.75) is 51.5 Å². The summed E-state index contributed by atoms with van der Waals surface area (Å²) in [4.78, 5) is 40.8. The third-order valence-electron chi connectivity index (χ3n) is 6.61. The van der Waals surface area contributed by atoms with Gasteiger partial charge in [0, 0.05) is 52.5 Å². The molecule has 0 spiro atoms. The standard InChI is InChI=1S/C23H30N4O3/c1-25-21(28)9-7-20(24-25)23(30)26-13-10-17(11-14-26)6-8-22(29)27-15-12-18-4-2-3-5-19(18)16-27/h2-5,17H,6-16H2,1H3. The van der Waals surface area contributed by atoms with Crippen LogP contribution in [-0.2, 0) is 27.3 Å². The predicted molar refractivity (Wildman–Crippen MR) is 114 cm³/mol. The fourth-order valence-corrected chi connectivity index (χ4v) is 4.63. The van der Waals surface area contributed by atoms with E-state index in [4.69, 9.17) is 0 Å². The molecule has 0 aliphatic carbocycles. The highest BCUT2D eigenvalue weighted by molar-refractivity contribution is 6.39. The van der Waals surface area contributed by atoms with Gasteiger partial charge in [0.05, 0.1) is 0 Å². The maximum absolute atomic E-state index is 12.7. The van der Waals surface area contributed by atoms with Crippen LogP contribution in [0.1, 0.15) is 49.7 Å². The van der Waals surface area contributed by atoms with Crippen molar-refractivity contribution in [1.29, 1.82) is 0 Å². The van der Waals surface area contributed by atoms with Crippen LogP contribution in [0.5, 0.6) is 0 Å². The minimum absolute atomic E-state index is 0.0455. The van der Waals surface area contributed by atoms with Gasteiger partial charge in [-0.2, -0.15) is 5.10 Å². The van der Waals surface area contributed by atoms with Crippen molar-refractivity contribution in [1.82, 2.24) is 14.8 Å². The molecule has 3 heterocycles. The molecule has 7 nitrogen and oxygen atoms in total. The summed E-state index contributed by atoms with van der Waals surface area (Å²) in [6.45, 7) is 2.93. The first-order valence-corrected chi connectivity index (χ1v) is 11.0. The average molecular weight is 411 g/mol. The van der Waals surface area contributed by atoms with Gasteiger partial charge in [0.25, 0.3) is 5.91 Å². The van der Waals surface area contributed by atoms with Gasteiger partial charge in [0.15, 0.2) is 0 Å². The van der Waals surface area contributed by atoms with E-state index in [1.807, 2.05) is 15.9 Å². The SMILES string of the molecule is CN1N=C(C(=O)N2CCC(CCC(=O)N3CCc4ccccc4C3)CC2)CCC1=O. The van der Waals surface area contributed by atoms with Crippen molar-refractivity contribution in [2.24, 2.45) is 11.0 Å². The Morgan fingerprint density at radius 2 is 1.73 bits per heavy atom. The molecule has 1 aromatic carbocycles. The molecule has 3 amide bonds. The quantitative estimate of drug-likeness (QED) is 0.764. The van der Waals surface area contributed by atoms with E-state index in [9.17, 15) is 14.4 Å². The molecule has 0 unspecified atom stereocenters. The highest BCUT2D eigenvalue weighted by Gasteiger charge is 2.29. The topological polar surface area (TPSA) is 73.3 Å². The molecular weight excluding hydrogens is 380 g/mol. The third-order valence-corrected chi connectivity index (χ3v) is 6.61. The number of carbonyl (C=O) groups excluding carboxylic acids is 3. The van der Waals surface area contributed by atoms with E-state index >= 15 is 0 Å². The van der Waals surface area contributed by atoms with E-state index in [1.54, 1.807) is 7.05 Å². The number of hydrogen-bond acceptors (Lipinski definition) is 4. The number of hydrazone groups is 1. The summed E-state index contributed by atoms with van der Waals surface area (Å²) >= 11 is 0. The summed E-state index contributed by atoms with van der Waals surface area (Å²) in [7, 11) is 1.60. The fraction of sp³-hybridized carbons (Fsp3) is 0.565. The minimum Gasteiger partial charge on any atom is -0.338 e. The first-order valence-electron chi connectivity index (χ1n) is 11.0. The average Bonchev–Trinajstić information content (AvgIpc) is 2.79. The molecule has 3 aliphatic rings. The number of benzene rings is 1. The van der Waals surface area contributed by atoms with Gasteiger partial charge in [-0.3, -0.25) is 14.4 Å². The van der Waals surface area contributed by atoms with Crippen LogP contribution >= 0.6 is 0 Å². The first-order chi connectivity index (χ1) is 14.5. The summed E-state index contributed by atoms with van der Waals surface area (Å²) in [5, 5.41) is 5.42. The molecule has 0 radical (unpaired) electrons. The lowest BCUT2D eigenvalue weighted by molar-refractivity contribution is -0.133. The number of likely N-dealkylation sites (tertiary alicyclic amines) is 1. The minimum atomic E-state index is -0.0490. The molecule has 160 valence electrons. The summed E-state index contributed by atoms with van der Waals surface area (Å²) in [5.41, 5.74) is 3.11. The summed E-state index contributed by atoms with van der Waals surface area (Å²) in [6, 6.07) is 8.37. The molecule has 7 heteroatoms. The lowest BCUT2D eigenvalue weighted by atomic mass is 9.91. The van der Waals surface area contributed by atoms with Crippen LogP contribution in [0, 0.1) is 5.92 Å². The summed E-state index contributed by atoms with van der Waals surface area (Å²) < 4.78 is 0. The number of carbonyl (C=O) groups is 3. The molecule has 0 aromatic heterocycles. The maximum atomic E-state index is 12.7. The largest absolute Gasteiger partial charge is 0.338 e. The van der Waals surface area contributed by atoms with Crippen LogP contribution in [-0.4, -0.2) is 64.9 Å². The van der Waals surface area contributed by atoms with E-state index in [0.29, 0.717) is 44.0 Å². The van der Waals surface area contributed by atoms with Gasteiger partial charge in [-0.15, -0.1) is 0 Å². The number of hydrogen-bond donors (Lipinski definition) is 0. The molecule has 4 rings (SSSR count). The number of piperidine rings is 1. The van der Waals surface area contributed by atoms with Crippen molar-refractivity contribution < 1.29 is 14.4 Å². The second kappa shape index (κ2) is 8.98. The Morgan fingerprint density at radius 3 is 2.47 bits per heavy atom. The van der Waals surface area contributed by atoms with Crippen molar-refractivity contribution in [2.75, 3.05) is 26.7 Å². The van der Waals surface area contributed by atoms with Gasteiger partial charge < -0.3 is 9.80 Å². The normalized spacial score (nSPS) is 20.1. The predicted octanol–water partition coefficient (Wildman–Crippen LogP) is 2.20. The molecule has 3 aliphatic heterocycles. The van der Waals surface area contributed by atoms with E-state index in [0.717, 1.165) is 38.8 Å². The van der Waals surface area contributed by atoms with Crippen molar-refractivity contribution in [3.05, 3.63) is 35.4 Å². The van der Waals surface area contributed by atoms with Crippen molar-refractivity contribution >= 4 is 23.4 Å². The smallest absolute Gasteiger partial charge is 0.270 e. The molecule has 0 atom stereocenters. The van der Waals surface area contributed by atoms with Gasteiger partial charge in [-0.1, -0.05) is 24.3 Å². The molecule has 0 N–H and O–H groups in total. The monoisotopic (exact) mass is 410 g/mol. The van der Waals surface area contributed by atoms with Crippen molar-refractivity contribution in [3.63, 3.8) is 0 Å². The maximum Gasteiger partial charge on any atom is 0.270 e. The summed E-state index contributed by atoms with van der Waals surface area (Å²) in [6.07, 6.45) is 5.02. The zero-order chi connectivity index (χ0) is 21.1. The number of nitrogens with zero attached hydrogens (tertiary/aromatic N) is 4. The van der Waals surface area contributed by atoms with Gasteiger partial charge >= 0.3 is 0 Å². The lowest BCUT2D eigenvalue weighted by Gasteiger charge is -2.33. The van der Waals surface area contributed by atoms with E-state index in [1.165, 1.54) is 16.1 Å². The molecule has 0 bridgehead atoms. The number of fused-ring (bicyclic) bond motifs is 1. The van der Waals surface area contributed by atoms with Crippen LogP contribution in [0.3, 0.4) is 0 Å². The fourth-order valence-electron chi connectivity index (χ4n) is 4.63. The first kappa shape index (κ1) is 20.6. The second-order valence-corrected chi connectivity index (χ2v) is 8.57. The van der Waals surface area contributed by atoms with Crippen LogP contribution in [0.25, 0.3) is 0 Å². The third kappa shape index (κ3) is 4.55. The number of amides is 3. The molecule has 1 aromatic rings. The Labute approximate surface area is 177 Å². The van der Waals surface area contributed by atoms with Gasteiger partial charge in [0.2, 0.25) is 11.8 Å². The van der Waals surface area contributed by atoms with Crippen LogP contribution in [0.4, 0.5) is 0 Å². The summed E-state index contributed by atoms with van der Waals surface area (Å²) in [5.74, 6) is 0.628. The van der Waals surface area contributed by atoms with E-state index < -0.39 is 0 Å². The highest BCUT2D eigenvalue weighted by atomic mass is 16.2. The van der Waals surface area contributed by atoms with Crippen LogP contribution in [0.15, 0.2) is 29.4 Å². The van der Waals surface area contributed by atoms with Gasteiger partial charge in [-0.25, -0.2) is 5.01 Å². The Kier molecular flexibility index (Phi) is 6.16. The molecule has 30 heavy (non-hydrogen) atoms. The van der Waals surface area contributed by atoms with E-state index in [-0.39, 0.29) is 17.7 Å². The van der Waals surface area contributed by atoms with Crippen LogP contribution in [0.2, 0.25) is 0 Å².